The molecule has 0 spiro atoms. The summed E-state index contributed by atoms with van der Waals surface area (Å²) in [7, 11) is -3.09. The third kappa shape index (κ3) is 4.16. The lowest BCUT2D eigenvalue weighted by atomic mass is 10.1. The fraction of sp³-hybridized carbons (Fsp3) is 0.286. The van der Waals surface area contributed by atoms with Crippen LogP contribution in [0, 0.1) is 0 Å². The van der Waals surface area contributed by atoms with Crippen LogP contribution in [0.3, 0.4) is 0 Å². The minimum Gasteiger partial charge on any atom is -0.391 e. The lowest BCUT2D eigenvalue weighted by Gasteiger charge is -2.20. The van der Waals surface area contributed by atoms with Crippen molar-refractivity contribution in [2.45, 2.75) is 33.1 Å². The Balaban J connectivity index is 2.66. The van der Waals surface area contributed by atoms with Gasteiger partial charge in [0.2, 0.25) is 0 Å². The molecule has 0 aromatic heterocycles. The highest BCUT2D eigenvalue weighted by atomic mass is 31.2. The van der Waals surface area contributed by atoms with E-state index in [0.29, 0.717) is 5.31 Å². The molecule has 0 aliphatic rings. The second kappa shape index (κ2) is 8.85. The summed E-state index contributed by atoms with van der Waals surface area (Å²) in [6.07, 6.45) is 3.07. The molecule has 0 aliphatic heterocycles. The molecule has 0 amide bonds. The van der Waals surface area contributed by atoms with Gasteiger partial charge in [0.15, 0.2) is 7.14 Å². The smallest absolute Gasteiger partial charge is 0.176 e. The molecule has 126 valence electrons. The molecule has 0 radical (unpaired) electrons. The van der Waals surface area contributed by atoms with Crippen LogP contribution >= 0.6 is 7.14 Å². The van der Waals surface area contributed by atoms with E-state index in [9.17, 15) is 9.67 Å². The van der Waals surface area contributed by atoms with E-state index in [-0.39, 0.29) is 6.61 Å². The average Bonchev–Trinajstić information content (AvgIpc) is 2.65. The highest BCUT2D eigenvalue weighted by Gasteiger charge is 2.31. The van der Waals surface area contributed by atoms with Gasteiger partial charge >= 0.3 is 0 Å². The van der Waals surface area contributed by atoms with Crippen LogP contribution < -0.4 is 10.6 Å². The van der Waals surface area contributed by atoms with Gasteiger partial charge in [-0.15, -0.1) is 5.73 Å². The summed E-state index contributed by atoms with van der Waals surface area (Å²) in [5.41, 5.74) is 4.29. The second-order valence-electron chi connectivity index (χ2n) is 5.89. The quantitative estimate of drug-likeness (QED) is 0.590. The number of aliphatic hydroxyl groups is 1. The molecule has 0 saturated heterocycles. The minimum absolute atomic E-state index is 0.259. The minimum atomic E-state index is -3.09. The Morgan fingerprint density at radius 2 is 1.50 bits per heavy atom. The first-order chi connectivity index (χ1) is 11.6. The molecule has 0 atom stereocenters. The van der Waals surface area contributed by atoms with Crippen LogP contribution in [0.5, 0.6) is 0 Å². The molecule has 3 heteroatoms. The van der Waals surface area contributed by atoms with E-state index in [2.05, 4.69) is 12.7 Å². The zero-order chi connectivity index (χ0) is 17.4. The Hall–Kier alpha value is -1.85. The summed E-state index contributed by atoms with van der Waals surface area (Å²) in [6, 6.07) is 18.8. The molecule has 2 nitrogen and oxygen atoms in total. The lowest BCUT2D eigenvalue weighted by molar-refractivity contribution is 0.338. The van der Waals surface area contributed by atoms with Crippen molar-refractivity contribution >= 4 is 17.8 Å². The van der Waals surface area contributed by atoms with Crippen LogP contribution in [-0.2, 0) is 4.57 Å². The number of benzene rings is 2. The van der Waals surface area contributed by atoms with E-state index in [1.54, 1.807) is 0 Å². The number of unbranched alkanes of at least 4 members (excludes halogenated alkanes) is 1. The van der Waals surface area contributed by atoms with E-state index in [1.807, 2.05) is 67.6 Å². The van der Waals surface area contributed by atoms with E-state index in [1.165, 1.54) is 0 Å². The summed E-state index contributed by atoms with van der Waals surface area (Å²) in [4.78, 5) is 0. The van der Waals surface area contributed by atoms with Gasteiger partial charge in [0.1, 0.15) is 0 Å². The molecule has 2 aromatic rings. The van der Waals surface area contributed by atoms with Gasteiger partial charge < -0.3 is 9.67 Å². The largest absolute Gasteiger partial charge is 0.391 e. The SMILES string of the molecule is CCCCC(C)=C=C(CO)P(=O)(c1ccccc1)c1ccccc1. The Kier molecular flexibility index (Phi) is 6.82. The predicted octanol–water partition coefficient (Wildman–Crippen LogP) is 4.61. The topological polar surface area (TPSA) is 37.3 Å². The number of aliphatic hydroxyl groups excluding tert-OH is 1. The second-order valence-corrected chi connectivity index (χ2v) is 8.69. The van der Waals surface area contributed by atoms with Gasteiger partial charge in [0.25, 0.3) is 0 Å². The Morgan fingerprint density at radius 3 is 1.92 bits per heavy atom. The van der Waals surface area contributed by atoms with Gasteiger partial charge in [0.05, 0.1) is 11.9 Å². The molecule has 0 saturated carbocycles. The van der Waals surface area contributed by atoms with E-state index in [0.717, 1.165) is 35.4 Å². The van der Waals surface area contributed by atoms with Crippen molar-refractivity contribution in [3.8, 4) is 0 Å². The number of hydrogen-bond donors (Lipinski definition) is 1. The van der Waals surface area contributed by atoms with Gasteiger partial charge in [-0.1, -0.05) is 74.0 Å². The summed E-state index contributed by atoms with van der Waals surface area (Å²) in [5.74, 6) is 0. The van der Waals surface area contributed by atoms with Crippen LogP contribution in [0.4, 0.5) is 0 Å². The van der Waals surface area contributed by atoms with Crippen LogP contribution in [0.1, 0.15) is 33.1 Å². The maximum Gasteiger partial charge on any atom is 0.176 e. The van der Waals surface area contributed by atoms with Crippen molar-refractivity contribution in [3.63, 3.8) is 0 Å². The molecule has 0 bridgehead atoms. The molecule has 0 unspecified atom stereocenters. The van der Waals surface area contributed by atoms with Crippen LogP contribution in [0.15, 0.2) is 77.3 Å². The summed E-state index contributed by atoms with van der Waals surface area (Å²) in [6.45, 7) is 3.87. The van der Waals surface area contributed by atoms with Crippen LogP contribution in [0.25, 0.3) is 0 Å². The third-order valence-electron chi connectivity index (χ3n) is 4.03. The van der Waals surface area contributed by atoms with Crippen molar-refractivity contribution in [3.05, 3.63) is 77.3 Å². The molecule has 24 heavy (non-hydrogen) atoms. The van der Waals surface area contributed by atoms with Gasteiger partial charge in [-0.25, -0.2) is 0 Å². The Bertz CT molecular complexity index is 713. The molecule has 1 N–H and O–H groups in total. The zero-order valence-corrected chi connectivity index (χ0v) is 15.3. The van der Waals surface area contributed by atoms with Gasteiger partial charge in [-0.05, 0) is 25.3 Å². The highest BCUT2D eigenvalue weighted by molar-refractivity contribution is 7.82. The standard InChI is InChI=1S/C21H25O2P/c1-3-4-11-18(2)16-21(17-22)24(23,19-12-7-5-8-13-19)20-14-9-6-10-15-20/h5-10,12-15,22H,3-4,11,17H2,1-2H3. The van der Waals surface area contributed by atoms with Gasteiger partial charge in [-0.2, -0.15) is 0 Å². The average molecular weight is 340 g/mol. The molecule has 2 rings (SSSR count). The van der Waals surface area contributed by atoms with E-state index < -0.39 is 7.14 Å². The molecule has 0 heterocycles. The fourth-order valence-corrected chi connectivity index (χ4v) is 5.36. The van der Waals surface area contributed by atoms with Gasteiger partial charge in [-0.3, -0.25) is 0 Å². The monoisotopic (exact) mass is 340 g/mol. The first-order valence-electron chi connectivity index (χ1n) is 8.41. The van der Waals surface area contributed by atoms with Crippen molar-refractivity contribution in [2.24, 2.45) is 0 Å². The molecular formula is C21H25O2P. The maximum absolute atomic E-state index is 14.1. The molecular weight excluding hydrogens is 315 g/mol. The predicted molar refractivity (Wildman–Crippen MR) is 103 cm³/mol. The first-order valence-corrected chi connectivity index (χ1v) is 10.1. The summed E-state index contributed by atoms with van der Waals surface area (Å²) >= 11 is 0. The van der Waals surface area contributed by atoms with E-state index >= 15 is 0 Å². The number of rotatable bonds is 7. The lowest BCUT2D eigenvalue weighted by Crippen LogP contribution is -2.18. The Morgan fingerprint density at radius 1 is 1.00 bits per heavy atom. The zero-order valence-electron chi connectivity index (χ0n) is 14.4. The van der Waals surface area contributed by atoms with Crippen LogP contribution in [0.2, 0.25) is 0 Å². The molecule has 0 fully saturated rings. The summed E-state index contributed by atoms with van der Waals surface area (Å²) in [5, 5.41) is 11.9. The van der Waals surface area contributed by atoms with Crippen molar-refractivity contribution in [1.82, 2.24) is 0 Å². The van der Waals surface area contributed by atoms with Crippen molar-refractivity contribution in [1.29, 1.82) is 0 Å². The fourth-order valence-electron chi connectivity index (χ4n) is 2.71. The normalized spacial score (nSPS) is 11.0. The molecule has 0 aliphatic carbocycles. The third-order valence-corrected chi connectivity index (χ3v) is 7.10. The highest BCUT2D eigenvalue weighted by Crippen LogP contribution is 2.51. The first kappa shape index (κ1) is 18.5. The Labute approximate surface area is 144 Å². The number of hydrogen-bond acceptors (Lipinski definition) is 2. The summed E-state index contributed by atoms with van der Waals surface area (Å²) < 4.78 is 14.1. The van der Waals surface area contributed by atoms with Crippen molar-refractivity contribution < 1.29 is 9.67 Å². The maximum atomic E-state index is 14.1. The van der Waals surface area contributed by atoms with Crippen molar-refractivity contribution in [2.75, 3.05) is 6.61 Å². The van der Waals surface area contributed by atoms with Gasteiger partial charge in [0, 0.05) is 10.6 Å². The van der Waals surface area contributed by atoms with Crippen LogP contribution in [-0.4, -0.2) is 11.7 Å². The van der Waals surface area contributed by atoms with E-state index in [4.69, 9.17) is 0 Å². The molecule has 2 aromatic carbocycles.